The zero-order valence-corrected chi connectivity index (χ0v) is 9.57. The molecule has 2 atom stereocenters. The van der Waals surface area contributed by atoms with Crippen LogP contribution in [0.1, 0.15) is 30.7 Å². The largest absolute Gasteiger partial charge is 0.467 e. The Morgan fingerprint density at radius 3 is 2.93 bits per heavy atom. The lowest BCUT2D eigenvalue weighted by Gasteiger charge is -2.25. The Morgan fingerprint density at radius 2 is 2.40 bits per heavy atom. The minimum Gasteiger partial charge on any atom is -0.467 e. The lowest BCUT2D eigenvalue weighted by Crippen LogP contribution is -2.28. The van der Waals surface area contributed by atoms with Crippen LogP contribution < -0.4 is 5.73 Å². The van der Waals surface area contributed by atoms with E-state index in [9.17, 15) is 0 Å². The zero-order valence-electron chi connectivity index (χ0n) is 9.57. The van der Waals surface area contributed by atoms with Crippen LogP contribution in [-0.4, -0.2) is 24.5 Å². The molecule has 0 radical (unpaired) electrons. The molecule has 15 heavy (non-hydrogen) atoms. The van der Waals surface area contributed by atoms with E-state index in [-0.39, 0.29) is 0 Å². The molecule has 0 saturated carbocycles. The molecule has 1 aromatic rings. The van der Waals surface area contributed by atoms with Gasteiger partial charge in [-0.25, -0.2) is 0 Å². The first kappa shape index (κ1) is 10.7. The van der Waals surface area contributed by atoms with Crippen LogP contribution in [0.5, 0.6) is 0 Å². The lowest BCUT2D eigenvalue weighted by atomic mass is 9.96. The van der Waals surface area contributed by atoms with Gasteiger partial charge in [-0.2, -0.15) is 0 Å². The van der Waals surface area contributed by atoms with E-state index in [0.717, 1.165) is 25.4 Å². The first-order valence-electron chi connectivity index (χ1n) is 5.76. The Kier molecular flexibility index (Phi) is 3.12. The number of hydrogen-bond donors (Lipinski definition) is 1. The van der Waals surface area contributed by atoms with Gasteiger partial charge in [-0.3, -0.25) is 4.90 Å². The van der Waals surface area contributed by atoms with Crippen LogP contribution in [0.2, 0.25) is 0 Å². The van der Waals surface area contributed by atoms with Gasteiger partial charge in [-0.05, 0) is 50.5 Å². The quantitative estimate of drug-likeness (QED) is 0.825. The first-order valence-corrected chi connectivity index (χ1v) is 5.76. The van der Waals surface area contributed by atoms with Crippen molar-refractivity contribution < 1.29 is 4.42 Å². The monoisotopic (exact) mass is 208 g/mol. The molecule has 0 spiro atoms. The van der Waals surface area contributed by atoms with Gasteiger partial charge >= 0.3 is 0 Å². The van der Waals surface area contributed by atoms with Crippen LogP contribution in [0, 0.1) is 12.8 Å². The Hall–Kier alpha value is -0.800. The molecule has 1 aliphatic heterocycles. The molecule has 2 heterocycles. The molecule has 84 valence electrons. The average molecular weight is 208 g/mol. The maximum Gasteiger partial charge on any atom is 0.124 e. The standard InChI is InChI=1S/C12H20N2O/c1-3-14-6-4-10(8-13)11(14)12-9(2)5-7-15-12/h5,7,10-11H,3-4,6,8,13H2,1-2H3. The predicted molar refractivity (Wildman–Crippen MR) is 60.6 cm³/mol. The highest BCUT2D eigenvalue weighted by Crippen LogP contribution is 2.37. The third-order valence-electron chi connectivity index (χ3n) is 3.51. The van der Waals surface area contributed by atoms with Crippen molar-refractivity contribution in [1.29, 1.82) is 0 Å². The molecule has 1 fully saturated rings. The van der Waals surface area contributed by atoms with E-state index in [2.05, 4.69) is 18.7 Å². The molecule has 1 aromatic heterocycles. The fourth-order valence-corrected chi connectivity index (χ4v) is 2.60. The third-order valence-corrected chi connectivity index (χ3v) is 3.51. The van der Waals surface area contributed by atoms with E-state index in [1.54, 1.807) is 6.26 Å². The van der Waals surface area contributed by atoms with Crippen LogP contribution in [0.15, 0.2) is 16.7 Å². The maximum atomic E-state index is 5.83. The van der Waals surface area contributed by atoms with Crippen LogP contribution in [0.3, 0.4) is 0 Å². The SMILES string of the molecule is CCN1CCC(CN)C1c1occc1C. The molecule has 1 aliphatic rings. The van der Waals surface area contributed by atoms with Gasteiger partial charge in [-0.15, -0.1) is 0 Å². The number of likely N-dealkylation sites (tertiary alicyclic amines) is 1. The second kappa shape index (κ2) is 4.37. The summed E-state index contributed by atoms with van der Waals surface area (Å²) in [5.41, 5.74) is 7.08. The van der Waals surface area contributed by atoms with Crippen molar-refractivity contribution >= 4 is 0 Å². The van der Waals surface area contributed by atoms with Gasteiger partial charge in [0.25, 0.3) is 0 Å². The van der Waals surface area contributed by atoms with Crippen molar-refractivity contribution in [1.82, 2.24) is 4.90 Å². The van der Waals surface area contributed by atoms with Crippen molar-refractivity contribution in [3.63, 3.8) is 0 Å². The molecular formula is C12H20N2O. The second-order valence-electron chi connectivity index (χ2n) is 4.33. The average Bonchev–Trinajstić information content (AvgIpc) is 2.82. The molecule has 1 saturated heterocycles. The lowest BCUT2D eigenvalue weighted by molar-refractivity contribution is 0.209. The van der Waals surface area contributed by atoms with Crippen molar-refractivity contribution in [2.45, 2.75) is 26.3 Å². The number of furan rings is 1. The molecule has 3 nitrogen and oxygen atoms in total. The number of hydrogen-bond acceptors (Lipinski definition) is 3. The summed E-state index contributed by atoms with van der Waals surface area (Å²) in [6, 6.07) is 2.43. The van der Waals surface area contributed by atoms with E-state index in [4.69, 9.17) is 10.2 Å². The van der Waals surface area contributed by atoms with Crippen LogP contribution in [0.25, 0.3) is 0 Å². The highest BCUT2D eigenvalue weighted by atomic mass is 16.3. The van der Waals surface area contributed by atoms with Gasteiger partial charge in [0, 0.05) is 0 Å². The molecular weight excluding hydrogens is 188 g/mol. The molecule has 0 amide bonds. The van der Waals surface area contributed by atoms with Crippen molar-refractivity contribution in [2.24, 2.45) is 11.7 Å². The smallest absolute Gasteiger partial charge is 0.124 e. The molecule has 2 rings (SSSR count). The number of rotatable bonds is 3. The summed E-state index contributed by atoms with van der Waals surface area (Å²) in [4.78, 5) is 2.46. The van der Waals surface area contributed by atoms with Crippen LogP contribution >= 0.6 is 0 Å². The van der Waals surface area contributed by atoms with Crippen molar-refractivity contribution in [2.75, 3.05) is 19.6 Å². The fraction of sp³-hybridized carbons (Fsp3) is 0.667. The summed E-state index contributed by atoms with van der Waals surface area (Å²) < 4.78 is 5.62. The third kappa shape index (κ3) is 1.82. The Bertz CT molecular complexity index is 309. The Balaban J connectivity index is 2.27. The zero-order chi connectivity index (χ0) is 10.8. The highest BCUT2D eigenvalue weighted by Gasteiger charge is 2.36. The van der Waals surface area contributed by atoms with Crippen LogP contribution in [-0.2, 0) is 0 Å². The van der Waals surface area contributed by atoms with E-state index in [1.165, 1.54) is 12.0 Å². The number of nitrogens with zero attached hydrogens (tertiary/aromatic N) is 1. The molecule has 2 N–H and O–H groups in total. The summed E-state index contributed by atoms with van der Waals surface area (Å²) >= 11 is 0. The van der Waals surface area contributed by atoms with Gasteiger partial charge < -0.3 is 10.2 Å². The van der Waals surface area contributed by atoms with E-state index in [1.807, 2.05) is 6.07 Å². The number of nitrogens with two attached hydrogens (primary N) is 1. The van der Waals surface area contributed by atoms with E-state index in [0.29, 0.717) is 12.0 Å². The first-order chi connectivity index (χ1) is 7.27. The summed E-state index contributed by atoms with van der Waals surface area (Å²) in [6.07, 6.45) is 2.97. The van der Waals surface area contributed by atoms with Crippen molar-refractivity contribution in [3.8, 4) is 0 Å². The Labute approximate surface area is 91.2 Å². The van der Waals surface area contributed by atoms with Gasteiger partial charge in [0.1, 0.15) is 5.76 Å². The minimum atomic E-state index is 0.398. The second-order valence-corrected chi connectivity index (χ2v) is 4.33. The van der Waals surface area contributed by atoms with Gasteiger partial charge in [-0.1, -0.05) is 6.92 Å². The topological polar surface area (TPSA) is 42.4 Å². The molecule has 0 aromatic carbocycles. The molecule has 3 heteroatoms. The maximum absolute atomic E-state index is 5.83. The van der Waals surface area contributed by atoms with Crippen LogP contribution in [0.4, 0.5) is 0 Å². The van der Waals surface area contributed by atoms with Crippen molar-refractivity contribution in [3.05, 3.63) is 23.7 Å². The predicted octanol–water partition coefficient (Wildman–Crippen LogP) is 1.93. The van der Waals surface area contributed by atoms with E-state index >= 15 is 0 Å². The van der Waals surface area contributed by atoms with Gasteiger partial charge in [0.2, 0.25) is 0 Å². The van der Waals surface area contributed by atoms with Gasteiger partial charge in [0.05, 0.1) is 12.3 Å². The molecule has 0 bridgehead atoms. The molecule has 2 unspecified atom stereocenters. The summed E-state index contributed by atoms with van der Waals surface area (Å²) in [7, 11) is 0. The highest BCUT2D eigenvalue weighted by molar-refractivity contribution is 5.20. The Morgan fingerprint density at radius 1 is 1.60 bits per heavy atom. The fourth-order valence-electron chi connectivity index (χ4n) is 2.60. The summed E-state index contributed by atoms with van der Waals surface area (Å²) in [5, 5.41) is 0. The molecule has 0 aliphatic carbocycles. The van der Waals surface area contributed by atoms with Gasteiger partial charge in [0.15, 0.2) is 0 Å². The number of aryl methyl sites for hydroxylation is 1. The summed E-state index contributed by atoms with van der Waals surface area (Å²) in [6.45, 7) is 7.27. The summed E-state index contributed by atoms with van der Waals surface area (Å²) in [5.74, 6) is 1.67. The van der Waals surface area contributed by atoms with E-state index < -0.39 is 0 Å². The normalized spacial score (nSPS) is 27.4. The minimum absolute atomic E-state index is 0.398.